The van der Waals surface area contributed by atoms with E-state index in [1.54, 1.807) is 0 Å². The van der Waals surface area contributed by atoms with E-state index >= 15 is 0 Å². The van der Waals surface area contributed by atoms with Gasteiger partial charge in [-0.25, -0.2) is 0 Å². The SMILES string of the molecule is C#CCC(C)NCc1ccn(CC)c1. The molecule has 14 heavy (non-hydrogen) atoms. The fourth-order valence-electron chi connectivity index (χ4n) is 1.33. The van der Waals surface area contributed by atoms with Gasteiger partial charge >= 0.3 is 0 Å². The van der Waals surface area contributed by atoms with E-state index in [1.807, 2.05) is 0 Å². The van der Waals surface area contributed by atoms with E-state index in [0.717, 1.165) is 19.5 Å². The molecule has 0 saturated heterocycles. The molecule has 2 heteroatoms. The van der Waals surface area contributed by atoms with Gasteiger partial charge in [-0.2, -0.15) is 0 Å². The van der Waals surface area contributed by atoms with Crippen LogP contribution in [0.15, 0.2) is 18.5 Å². The minimum atomic E-state index is 0.393. The molecule has 0 saturated carbocycles. The molecule has 1 atom stereocenters. The van der Waals surface area contributed by atoms with Gasteiger partial charge in [-0.3, -0.25) is 0 Å². The smallest absolute Gasteiger partial charge is 0.0238 e. The van der Waals surface area contributed by atoms with Gasteiger partial charge in [0.15, 0.2) is 0 Å². The molecule has 0 bridgehead atoms. The molecule has 0 aliphatic carbocycles. The predicted molar refractivity (Wildman–Crippen MR) is 59.9 cm³/mol. The molecular weight excluding hydrogens is 172 g/mol. The van der Waals surface area contributed by atoms with Crippen LogP contribution in [0.25, 0.3) is 0 Å². The molecular formula is C12H18N2. The van der Waals surface area contributed by atoms with Crippen molar-refractivity contribution in [1.82, 2.24) is 9.88 Å². The van der Waals surface area contributed by atoms with Crippen molar-refractivity contribution in [2.75, 3.05) is 0 Å². The van der Waals surface area contributed by atoms with Crippen LogP contribution in [0.1, 0.15) is 25.8 Å². The monoisotopic (exact) mass is 190 g/mol. The average molecular weight is 190 g/mol. The fraction of sp³-hybridized carbons (Fsp3) is 0.500. The molecule has 1 rings (SSSR count). The second kappa shape index (κ2) is 5.51. The van der Waals surface area contributed by atoms with Crippen LogP contribution in [0.4, 0.5) is 0 Å². The summed E-state index contributed by atoms with van der Waals surface area (Å²) in [6.45, 7) is 6.17. The zero-order chi connectivity index (χ0) is 10.4. The Balaban J connectivity index is 2.34. The highest BCUT2D eigenvalue weighted by Crippen LogP contribution is 2.01. The molecule has 1 aromatic heterocycles. The van der Waals surface area contributed by atoms with Crippen molar-refractivity contribution in [3.63, 3.8) is 0 Å². The van der Waals surface area contributed by atoms with Gasteiger partial charge in [-0.15, -0.1) is 12.3 Å². The molecule has 0 aliphatic rings. The Kier molecular flexibility index (Phi) is 4.28. The summed E-state index contributed by atoms with van der Waals surface area (Å²) in [6.07, 6.45) is 10.3. The number of terminal acetylenes is 1. The normalized spacial score (nSPS) is 12.4. The van der Waals surface area contributed by atoms with Crippen LogP contribution in [0.5, 0.6) is 0 Å². The first kappa shape index (κ1) is 10.9. The lowest BCUT2D eigenvalue weighted by molar-refractivity contribution is 0.559. The first-order chi connectivity index (χ1) is 6.76. The Bertz CT molecular complexity index is 306. The highest BCUT2D eigenvalue weighted by atomic mass is 14.9. The lowest BCUT2D eigenvalue weighted by Gasteiger charge is -2.09. The molecule has 0 fully saturated rings. The van der Waals surface area contributed by atoms with E-state index in [1.165, 1.54) is 5.56 Å². The van der Waals surface area contributed by atoms with Crippen molar-refractivity contribution < 1.29 is 0 Å². The maximum Gasteiger partial charge on any atom is 0.0238 e. The van der Waals surface area contributed by atoms with Crippen molar-refractivity contribution in [1.29, 1.82) is 0 Å². The topological polar surface area (TPSA) is 17.0 Å². The lowest BCUT2D eigenvalue weighted by Crippen LogP contribution is -2.24. The minimum absolute atomic E-state index is 0.393. The molecule has 1 aromatic rings. The number of nitrogens with one attached hydrogen (secondary N) is 1. The van der Waals surface area contributed by atoms with E-state index in [4.69, 9.17) is 6.42 Å². The summed E-state index contributed by atoms with van der Waals surface area (Å²) in [5.41, 5.74) is 1.32. The van der Waals surface area contributed by atoms with Crippen LogP contribution < -0.4 is 5.32 Å². The number of aromatic nitrogens is 1. The number of hydrogen-bond donors (Lipinski definition) is 1. The third-order valence-corrected chi connectivity index (χ3v) is 2.26. The van der Waals surface area contributed by atoms with Gasteiger partial charge < -0.3 is 9.88 Å². The van der Waals surface area contributed by atoms with Crippen molar-refractivity contribution in [3.8, 4) is 12.3 Å². The molecule has 1 N–H and O–H groups in total. The Labute approximate surface area is 86.3 Å². The van der Waals surface area contributed by atoms with E-state index in [9.17, 15) is 0 Å². The van der Waals surface area contributed by atoms with Gasteiger partial charge in [0.05, 0.1) is 0 Å². The minimum Gasteiger partial charge on any atom is -0.354 e. The largest absolute Gasteiger partial charge is 0.354 e. The maximum atomic E-state index is 5.23. The van der Waals surface area contributed by atoms with Gasteiger partial charge in [-0.1, -0.05) is 0 Å². The molecule has 0 amide bonds. The maximum absolute atomic E-state index is 5.23. The Hall–Kier alpha value is -1.20. The molecule has 1 heterocycles. The molecule has 2 nitrogen and oxygen atoms in total. The molecule has 76 valence electrons. The van der Waals surface area contributed by atoms with Crippen LogP contribution in [0.2, 0.25) is 0 Å². The number of rotatable bonds is 5. The lowest BCUT2D eigenvalue weighted by atomic mass is 10.2. The summed E-state index contributed by atoms with van der Waals surface area (Å²) in [5, 5.41) is 3.38. The van der Waals surface area contributed by atoms with Gasteiger partial charge in [0.2, 0.25) is 0 Å². The number of aryl methyl sites for hydroxylation is 1. The first-order valence-electron chi connectivity index (χ1n) is 5.07. The van der Waals surface area contributed by atoms with E-state index in [-0.39, 0.29) is 0 Å². The van der Waals surface area contributed by atoms with Crippen LogP contribution >= 0.6 is 0 Å². The number of nitrogens with zero attached hydrogens (tertiary/aromatic N) is 1. The predicted octanol–water partition coefficient (Wildman–Crippen LogP) is 2.01. The second-order valence-electron chi connectivity index (χ2n) is 3.54. The zero-order valence-electron chi connectivity index (χ0n) is 8.96. The Morgan fingerprint density at radius 3 is 3.00 bits per heavy atom. The van der Waals surface area contributed by atoms with Crippen LogP contribution in [0.3, 0.4) is 0 Å². The summed E-state index contributed by atoms with van der Waals surface area (Å²) in [6, 6.07) is 2.53. The van der Waals surface area contributed by atoms with Crippen LogP contribution in [-0.4, -0.2) is 10.6 Å². The highest BCUT2D eigenvalue weighted by molar-refractivity contribution is 5.10. The second-order valence-corrected chi connectivity index (χ2v) is 3.54. The van der Waals surface area contributed by atoms with Crippen molar-refractivity contribution in [3.05, 3.63) is 24.0 Å². The number of hydrogen-bond acceptors (Lipinski definition) is 1. The van der Waals surface area contributed by atoms with Crippen molar-refractivity contribution in [2.24, 2.45) is 0 Å². The third kappa shape index (κ3) is 3.27. The molecule has 0 spiro atoms. The van der Waals surface area contributed by atoms with Crippen molar-refractivity contribution in [2.45, 2.75) is 39.4 Å². The van der Waals surface area contributed by atoms with Gasteiger partial charge in [0, 0.05) is 37.9 Å². The molecule has 0 radical (unpaired) electrons. The Morgan fingerprint density at radius 1 is 1.64 bits per heavy atom. The summed E-state index contributed by atoms with van der Waals surface area (Å²) < 4.78 is 2.17. The third-order valence-electron chi connectivity index (χ3n) is 2.26. The fourth-order valence-corrected chi connectivity index (χ4v) is 1.33. The zero-order valence-corrected chi connectivity index (χ0v) is 8.96. The van der Waals surface area contributed by atoms with E-state index in [0.29, 0.717) is 6.04 Å². The molecule has 1 unspecified atom stereocenters. The van der Waals surface area contributed by atoms with Crippen LogP contribution in [-0.2, 0) is 13.1 Å². The van der Waals surface area contributed by atoms with Gasteiger partial charge in [0.1, 0.15) is 0 Å². The summed E-state index contributed by atoms with van der Waals surface area (Å²) in [4.78, 5) is 0. The molecule has 0 aromatic carbocycles. The summed E-state index contributed by atoms with van der Waals surface area (Å²) in [7, 11) is 0. The van der Waals surface area contributed by atoms with Gasteiger partial charge in [0.25, 0.3) is 0 Å². The van der Waals surface area contributed by atoms with E-state index in [2.05, 4.69) is 48.1 Å². The summed E-state index contributed by atoms with van der Waals surface area (Å²) >= 11 is 0. The van der Waals surface area contributed by atoms with E-state index < -0.39 is 0 Å². The van der Waals surface area contributed by atoms with Crippen molar-refractivity contribution >= 4 is 0 Å². The average Bonchev–Trinajstić information content (AvgIpc) is 2.63. The summed E-state index contributed by atoms with van der Waals surface area (Å²) in [5.74, 6) is 2.65. The quantitative estimate of drug-likeness (QED) is 0.703. The Morgan fingerprint density at radius 2 is 2.43 bits per heavy atom. The standard InChI is InChI=1S/C12H18N2/c1-4-6-11(3)13-9-12-7-8-14(5-2)10-12/h1,7-8,10-11,13H,5-6,9H2,2-3H3. The highest BCUT2D eigenvalue weighted by Gasteiger charge is 2.00. The van der Waals surface area contributed by atoms with Gasteiger partial charge in [-0.05, 0) is 25.5 Å². The first-order valence-corrected chi connectivity index (χ1v) is 5.07. The van der Waals surface area contributed by atoms with Crippen LogP contribution in [0, 0.1) is 12.3 Å². The molecule has 0 aliphatic heterocycles.